The van der Waals surface area contributed by atoms with Crippen molar-refractivity contribution in [2.45, 2.75) is 19.9 Å². The Morgan fingerprint density at radius 1 is 1.20 bits per heavy atom. The number of nitrogens with zero attached hydrogens (tertiary/aromatic N) is 2. The molecule has 0 aliphatic carbocycles. The van der Waals surface area contributed by atoms with Crippen molar-refractivity contribution in [3.8, 4) is 0 Å². The lowest BCUT2D eigenvalue weighted by atomic mass is 10.2. The molecule has 2 rings (SSSR count). The molecule has 0 spiro atoms. The molecule has 0 saturated heterocycles. The normalized spacial score (nSPS) is 13.0. The van der Waals surface area contributed by atoms with E-state index in [4.69, 9.17) is 0 Å². The first-order valence-corrected chi connectivity index (χ1v) is 6.48. The largest absolute Gasteiger partial charge is 0.306 e. The van der Waals surface area contributed by atoms with Crippen LogP contribution in [0, 0.1) is 13.8 Å². The molecule has 0 bridgehead atoms. The van der Waals surface area contributed by atoms with E-state index in [2.05, 4.69) is 26.0 Å². The molecular weight excluding hydrogens is 226 g/mol. The molecule has 0 aliphatic heterocycles. The molecule has 0 aliphatic rings. The Hall–Kier alpha value is -0.780. The molecular formula is C10H13N3S2. The highest BCUT2D eigenvalue weighted by atomic mass is 32.1. The Bertz CT molecular complexity index is 407. The van der Waals surface area contributed by atoms with Crippen LogP contribution in [0.1, 0.15) is 27.4 Å². The van der Waals surface area contributed by atoms with Crippen LogP contribution in [0.2, 0.25) is 0 Å². The molecule has 0 fully saturated rings. The van der Waals surface area contributed by atoms with Crippen LogP contribution in [-0.2, 0) is 0 Å². The lowest BCUT2D eigenvalue weighted by molar-refractivity contribution is 0.668. The quantitative estimate of drug-likeness (QED) is 0.894. The first-order valence-electron chi connectivity index (χ1n) is 4.72. The van der Waals surface area contributed by atoms with Crippen molar-refractivity contribution in [2.75, 3.05) is 7.05 Å². The van der Waals surface area contributed by atoms with E-state index in [0.29, 0.717) is 0 Å². The summed E-state index contributed by atoms with van der Waals surface area (Å²) in [5, 5.41) is 9.59. The van der Waals surface area contributed by atoms with Crippen LogP contribution in [0.15, 0.2) is 10.8 Å². The lowest BCUT2D eigenvalue weighted by Crippen LogP contribution is -2.17. The van der Waals surface area contributed by atoms with Crippen molar-refractivity contribution in [3.05, 3.63) is 32.2 Å². The summed E-state index contributed by atoms with van der Waals surface area (Å²) < 4.78 is 0. The molecule has 3 nitrogen and oxygen atoms in total. The van der Waals surface area contributed by atoms with Gasteiger partial charge in [0.1, 0.15) is 11.0 Å². The van der Waals surface area contributed by atoms with Gasteiger partial charge >= 0.3 is 0 Å². The fourth-order valence-electron chi connectivity index (χ4n) is 1.42. The number of thiazole rings is 2. The summed E-state index contributed by atoms with van der Waals surface area (Å²) in [4.78, 5) is 8.98. The van der Waals surface area contributed by atoms with Crippen LogP contribution in [-0.4, -0.2) is 17.0 Å². The highest BCUT2D eigenvalue weighted by Gasteiger charge is 2.17. The second-order valence-corrected chi connectivity index (χ2v) is 5.29. The van der Waals surface area contributed by atoms with Gasteiger partial charge < -0.3 is 5.32 Å². The van der Waals surface area contributed by atoms with Gasteiger partial charge in [0.25, 0.3) is 0 Å². The predicted molar refractivity (Wildman–Crippen MR) is 64.6 cm³/mol. The van der Waals surface area contributed by atoms with Gasteiger partial charge in [0.05, 0.1) is 10.7 Å². The summed E-state index contributed by atoms with van der Waals surface area (Å²) in [5.74, 6) is 0. The Kier molecular flexibility index (Phi) is 3.14. The minimum absolute atomic E-state index is 0.133. The molecule has 1 atom stereocenters. The molecule has 1 unspecified atom stereocenters. The van der Waals surface area contributed by atoms with Gasteiger partial charge in [-0.1, -0.05) is 0 Å². The van der Waals surface area contributed by atoms with Crippen molar-refractivity contribution in [1.29, 1.82) is 0 Å². The van der Waals surface area contributed by atoms with Crippen molar-refractivity contribution < 1.29 is 0 Å². The molecule has 0 saturated carbocycles. The molecule has 15 heavy (non-hydrogen) atoms. The Labute approximate surface area is 97.2 Å². The van der Waals surface area contributed by atoms with E-state index in [1.165, 1.54) is 0 Å². The van der Waals surface area contributed by atoms with Crippen molar-refractivity contribution in [1.82, 2.24) is 15.3 Å². The van der Waals surface area contributed by atoms with Gasteiger partial charge in [-0.05, 0) is 20.9 Å². The predicted octanol–water partition coefficient (Wildman–Crippen LogP) is 2.53. The molecule has 80 valence electrons. The minimum atomic E-state index is 0.133. The molecule has 2 aromatic heterocycles. The van der Waals surface area contributed by atoms with Crippen molar-refractivity contribution >= 4 is 22.7 Å². The summed E-state index contributed by atoms with van der Waals surface area (Å²) in [6.07, 6.45) is 0. The SMILES string of the molecule is CNC(c1csc(C)n1)c1nc(C)cs1. The fraction of sp³-hybridized carbons (Fsp3) is 0.400. The Morgan fingerprint density at radius 3 is 2.47 bits per heavy atom. The molecule has 0 radical (unpaired) electrons. The third-order valence-corrected chi connectivity index (χ3v) is 3.92. The highest BCUT2D eigenvalue weighted by Crippen LogP contribution is 2.25. The van der Waals surface area contributed by atoms with E-state index in [0.717, 1.165) is 21.4 Å². The number of hydrogen-bond acceptors (Lipinski definition) is 5. The molecule has 0 aromatic carbocycles. The zero-order valence-electron chi connectivity index (χ0n) is 8.94. The molecule has 2 aromatic rings. The van der Waals surface area contributed by atoms with E-state index < -0.39 is 0 Å². The van der Waals surface area contributed by atoms with Gasteiger partial charge in [-0.3, -0.25) is 0 Å². The zero-order chi connectivity index (χ0) is 10.8. The molecule has 5 heteroatoms. The van der Waals surface area contributed by atoms with Crippen LogP contribution in [0.25, 0.3) is 0 Å². The summed E-state index contributed by atoms with van der Waals surface area (Å²) >= 11 is 3.35. The second kappa shape index (κ2) is 4.38. The number of rotatable bonds is 3. The van der Waals surface area contributed by atoms with E-state index in [1.807, 2.05) is 20.9 Å². The molecule has 1 N–H and O–H groups in total. The summed E-state index contributed by atoms with van der Waals surface area (Å²) in [6.45, 7) is 4.03. The van der Waals surface area contributed by atoms with Gasteiger partial charge in [0.15, 0.2) is 0 Å². The maximum atomic E-state index is 4.49. The van der Waals surface area contributed by atoms with E-state index in [9.17, 15) is 0 Å². The van der Waals surface area contributed by atoms with Crippen molar-refractivity contribution in [3.63, 3.8) is 0 Å². The van der Waals surface area contributed by atoms with Crippen LogP contribution >= 0.6 is 22.7 Å². The van der Waals surface area contributed by atoms with Crippen molar-refractivity contribution in [2.24, 2.45) is 0 Å². The van der Waals surface area contributed by atoms with E-state index in [1.54, 1.807) is 22.7 Å². The number of hydrogen-bond donors (Lipinski definition) is 1. The van der Waals surface area contributed by atoms with Crippen LogP contribution in [0.5, 0.6) is 0 Å². The molecule has 2 heterocycles. The van der Waals surface area contributed by atoms with Gasteiger partial charge in [-0.15, -0.1) is 22.7 Å². The Balaban J connectivity index is 2.32. The van der Waals surface area contributed by atoms with Gasteiger partial charge in [-0.25, -0.2) is 9.97 Å². The number of nitrogens with one attached hydrogen (secondary N) is 1. The number of aromatic nitrogens is 2. The van der Waals surface area contributed by atoms with E-state index in [-0.39, 0.29) is 6.04 Å². The third-order valence-electron chi connectivity index (χ3n) is 2.10. The molecule has 0 amide bonds. The summed E-state index contributed by atoms with van der Waals surface area (Å²) in [5.41, 5.74) is 2.14. The van der Waals surface area contributed by atoms with Crippen LogP contribution in [0.4, 0.5) is 0 Å². The van der Waals surface area contributed by atoms with Crippen LogP contribution in [0.3, 0.4) is 0 Å². The summed E-state index contributed by atoms with van der Waals surface area (Å²) in [6, 6.07) is 0.133. The maximum absolute atomic E-state index is 4.49. The smallest absolute Gasteiger partial charge is 0.116 e. The topological polar surface area (TPSA) is 37.8 Å². The second-order valence-electron chi connectivity index (χ2n) is 3.34. The maximum Gasteiger partial charge on any atom is 0.116 e. The first kappa shape index (κ1) is 10.7. The summed E-state index contributed by atoms with van der Waals surface area (Å²) in [7, 11) is 1.94. The fourth-order valence-corrected chi connectivity index (χ4v) is 2.97. The minimum Gasteiger partial charge on any atom is -0.306 e. The Morgan fingerprint density at radius 2 is 2.00 bits per heavy atom. The lowest BCUT2D eigenvalue weighted by Gasteiger charge is -2.09. The van der Waals surface area contributed by atoms with Gasteiger partial charge in [-0.2, -0.15) is 0 Å². The monoisotopic (exact) mass is 239 g/mol. The zero-order valence-corrected chi connectivity index (χ0v) is 10.6. The number of aryl methyl sites for hydroxylation is 2. The third kappa shape index (κ3) is 2.25. The highest BCUT2D eigenvalue weighted by molar-refractivity contribution is 7.10. The van der Waals surface area contributed by atoms with Gasteiger partial charge in [0, 0.05) is 16.5 Å². The first-order chi connectivity index (χ1) is 7.20. The standard InChI is InChI=1S/C10H13N3S2/c1-6-4-15-10(12-6)9(11-3)8-5-14-7(2)13-8/h4-5,9,11H,1-3H3. The average Bonchev–Trinajstić information content (AvgIpc) is 2.78. The average molecular weight is 239 g/mol. The van der Waals surface area contributed by atoms with Gasteiger partial charge in [0.2, 0.25) is 0 Å². The van der Waals surface area contributed by atoms with E-state index >= 15 is 0 Å². The van der Waals surface area contributed by atoms with Crippen LogP contribution < -0.4 is 5.32 Å².